The van der Waals surface area contributed by atoms with Gasteiger partial charge in [-0.25, -0.2) is 4.68 Å². The lowest BCUT2D eigenvalue weighted by Gasteiger charge is -2.17. The van der Waals surface area contributed by atoms with Gasteiger partial charge in [-0.05, 0) is 26.0 Å². The molecule has 1 heterocycles. The molecule has 0 aliphatic carbocycles. The zero-order chi connectivity index (χ0) is 17.0. The number of aromatic nitrogens is 2. The van der Waals surface area contributed by atoms with Crippen LogP contribution < -0.4 is 10.1 Å². The highest BCUT2D eigenvalue weighted by Gasteiger charge is 2.25. The van der Waals surface area contributed by atoms with E-state index in [9.17, 15) is 9.59 Å². The first-order chi connectivity index (χ1) is 10.9. The van der Waals surface area contributed by atoms with E-state index in [0.29, 0.717) is 5.75 Å². The fourth-order valence-electron chi connectivity index (χ4n) is 1.99. The largest absolute Gasteiger partial charge is 0.493 e. The van der Waals surface area contributed by atoms with E-state index >= 15 is 0 Å². The number of carboxylic acid groups (broad SMARTS) is 1. The van der Waals surface area contributed by atoms with Crippen LogP contribution in [0.1, 0.15) is 24.3 Å². The van der Waals surface area contributed by atoms with Crippen molar-refractivity contribution in [2.24, 2.45) is 5.92 Å². The molecule has 0 radical (unpaired) electrons. The molecule has 7 nitrogen and oxygen atoms in total. The number of para-hydroxylation sites is 1. The first-order valence-electron chi connectivity index (χ1n) is 7.16. The molecule has 1 aromatic carbocycles. The molecule has 0 fully saturated rings. The van der Waals surface area contributed by atoms with E-state index in [-0.39, 0.29) is 5.69 Å². The van der Waals surface area contributed by atoms with Crippen molar-refractivity contribution in [2.75, 3.05) is 7.11 Å². The minimum Gasteiger partial charge on any atom is -0.493 e. The van der Waals surface area contributed by atoms with Crippen LogP contribution in [-0.4, -0.2) is 39.9 Å². The van der Waals surface area contributed by atoms with Crippen LogP contribution in [0.2, 0.25) is 0 Å². The molecule has 2 aromatic rings. The molecule has 0 spiro atoms. The van der Waals surface area contributed by atoms with E-state index in [4.69, 9.17) is 9.84 Å². The Morgan fingerprint density at radius 3 is 2.48 bits per heavy atom. The molecule has 0 bridgehead atoms. The minimum atomic E-state index is -0.973. The van der Waals surface area contributed by atoms with Crippen LogP contribution in [-0.2, 0) is 4.79 Å². The minimum absolute atomic E-state index is 0.112. The van der Waals surface area contributed by atoms with Crippen molar-refractivity contribution in [3.05, 3.63) is 42.2 Å². The molecule has 1 amide bonds. The number of amides is 1. The summed E-state index contributed by atoms with van der Waals surface area (Å²) in [5, 5.41) is 15.9. The summed E-state index contributed by atoms with van der Waals surface area (Å²) in [5.74, 6) is -1.83. The highest BCUT2D eigenvalue weighted by atomic mass is 16.5. The molecular formula is C16H19N3O4. The number of carbonyl (C=O) groups is 2. The summed E-state index contributed by atoms with van der Waals surface area (Å²) in [7, 11) is 1.45. The molecule has 122 valence electrons. The van der Waals surface area contributed by atoms with Gasteiger partial charge in [0, 0.05) is 6.04 Å². The molecule has 0 aliphatic heterocycles. The molecule has 0 saturated carbocycles. The summed E-state index contributed by atoms with van der Waals surface area (Å²) in [6, 6.07) is 8.77. The summed E-state index contributed by atoms with van der Waals surface area (Å²) < 4.78 is 6.74. The molecular weight excluding hydrogens is 298 g/mol. The van der Waals surface area contributed by atoms with Gasteiger partial charge in [0.2, 0.25) is 0 Å². The fourth-order valence-corrected chi connectivity index (χ4v) is 1.99. The van der Waals surface area contributed by atoms with Gasteiger partial charge in [-0.15, -0.1) is 0 Å². The van der Waals surface area contributed by atoms with Crippen LogP contribution in [0.4, 0.5) is 0 Å². The zero-order valence-electron chi connectivity index (χ0n) is 13.2. The van der Waals surface area contributed by atoms with Gasteiger partial charge in [0.05, 0.1) is 24.9 Å². The Morgan fingerprint density at radius 2 is 1.91 bits per heavy atom. The number of aliphatic carboxylic acids is 1. The molecule has 7 heteroatoms. The molecule has 23 heavy (non-hydrogen) atoms. The lowest BCUT2D eigenvalue weighted by molar-refractivity contribution is -0.141. The smallest absolute Gasteiger partial charge is 0.308 e. The third-order valence-corrected chi connectivity index (χ3v) is 3.63. The Kier molecular flexibility index (Phi) is 5.00. The molecule has 2 unspecified atom stereocenters. The standard InChI is InChI=1S/C16H19N3O4/c1-10(16(21)22)11(2)17-15(20)14-13(23-3)9-19(18-14)12-7-5-4-6-8-12/h4-11H,1-3H3,(H,17,20)(H,21,22). The third kappa shape index (κ3) is 3.68. The van der Waals surface area contributed by atoms with E-state index in [1.165, 1.54) is 14.0 Å². The number of carboxylic acids is 1. The highest BCUT2D eigenvalue weighted by molar-refractivity contribution is 5.95. The van der Waals surface area contributed by atoms with Crippen molar-refractivity contribution in [3.8, 4) is 11.4 Å². The lowest BCUT2D eigenvalue weighted by atomic mass is 10.0. The molecule has 2 atom stereocenters. The van der Waals surface area contributed by atoms with Gasteiger partial charge < -0.3 is 15.2 Å². The van der Waals surface area contributed by atoms with E-state index < -0.39 is 23.8 Å². The Hall–Kier alpha value is -2.83. The van der Waals surface area contributed by atoms with Crippen LogP contribution in [0.5, 0.6) is 5.75 Å². The molecule has 0 aliphatic rings. The number of carbonyl (C=O) groups excluding carboxylic acids is 1. The number of nitrogens with one attached hydrogen (secondary N) is 1. The second-order valence-electron chi connectivity index (χ2n) is 5.22. The van der Waals surface area contributed by atoms with Crippen molar-refractivity contribution >= 4 is 11.9 Å². The number of methoxy groups -OCH3 is 1. The number of ether oxygens (including phenoxy) is 1. The van der Waals surface area contributed by atoms with Crippen LogP contribution in [0.3, 0.4) is 0 Å². The van der Waals surface area contributed by atoms with Gasteiger partial charge in [0.15, 0.2) is 11.4 Å². The van der Waals surface area contributed by atoms with Gasteiger partial charge >= 0.3 is 5.97 Å². The number of nitrogens with zero attached hydrogens (tertiary/aromatic N) is 2. The van der Waals surface area contributed by atoms with E-state index in [1.54, 1.807) is 17.8 Å². The van der Waals surface area contributed by atoms with E-state index in [0.717, 1.165) is 5.69 Å². The Bertz CT molecular complexity index is 697. The average Bonchev–Trinajstić information content (AvgIpc) is 2.99. The maximum atomic E-state index is 12.3. The first-order valence-corrected chi connectivity index (χ1v) is 7.16. The summed E-state index contributed by atoms with van der Waals surface area (Å²) in [4.78, 5) is 23.3. The number of rotatable bonds is 6. The van der Waals surface area contributed by atoms with Crippen LogP contribution in [0.15, 0.2) is 36.5 Å². The van der Waals surface area contributed by atoms with Crippen molar-refractivity contribution < 1.29 is 19.4 Å². The van der Waals surface area contributed by atoms with Gasteiger partial charge in [-0.3, -0.25) is 9.59 Å². The Balaban J connectivity index is 2.23. The van der Waals surface area contributed by atoms with Crippen molar-refractivity contribution in [1.82, 2.24) is 15.1 Å². The van der Waals surface area contributed by atoms with Gasteiger partial charge in [0.25, 0.3) is 5.91 Å². The first kappa shape index (κ1) is 16.5. The molecule has 0 saturated heterocycles. The maximum absolute atomic E-state index is 12.3. The molecule has 2 N–H and O–H groups in total. The maximum Gasteiger partial charge on any atom is 0.308 e. The van der Waals surface area contributed by atoms with Crippen molar-refractivity contribution in [1.29, 1.82) is 0 Å². The summed E-state index contributed by atoms with van der Waals surface area (Å²) in [5.41, 5.74) is 0.901. The quantitative estimate of drug-likeness (QED) is 0.846. The van der Waals surface area contributed by atoms with Gasteiger partial charge in [-0.1, -0.05) is 18.2 Å². The van der Waals surface area contributed by atoms with E-state index in [2.05, 4.69) is 10.4 Å². The fraction of sp³-hybridized carbons (Fsp3) is 0.312. The third-order valence-electron chi connectivity index (χ3n) is 3.63. The van der Waals surface area contributed by atoms with Gasteiger partial charge in [0.1, 0.15) is 0 Å². The highest BCUT2D eigenvalue weighted by Crippen LogP contribution is 2.19. The summed E-state index contributed by atoms with van der Waals surface area (Å²) >= 11 is 0. The van der Waals surface area contributed by atoms with Crippen molar-refractivity contribution in [3.63, 3.8) is 0 Å². The Morgan fingerprint density at radius 1 is 1.26 bits per heavy atom. The second-order valence-corrected chi connectivity index (χ2v) is 5.22. The number of benzene rings is 1. The molecule has 2 rings (SSSR count). The predicted octanol–water partition coefficient (Wildman–Crippen LogP) is 1.72. The Labute approximate surface area is 133 Å². The van der Waals surface area contributed by atoms with Crippen LogP contribution in [0.25, 0.3) is 5.69 Å². The summed E-state index contributed by atoms with van der Waals surface area (Å²) in [6.07, 6.45) is 1.61. The van der Waals surface area contributed by atoms with Gasteiger partial charge in [-0.2, -0.15) is 5.10 Å². The van der Waals surface area contributed by atoms with Crippen LogP contribution in [0, 0.1) is 5.92 Å². The second kappa shape index (κ2) is 6.95. The number of hydrogen-bond acceptors (Lipinski definition) is 4. The normalized spacial score (nSPS) is 13.2. The lowest BCUT2D eigenvalue weighted by Crippen LogP contribution is -2.40. The number of hydrogen-bond donors (Lipinski definition) is 2. The van der Waals surface area contributed by atoms with E-state index in [1.807, 2.05) is 30.3 Å². The monoisotopic (exact) mass is 317 g/mol. The topological polar surface area (TPSA) is 93.5 Å². The predicted molar refractivity (Wildman–Crippen MR) is 83.8 cm³/mol. The average molecular weight is 317 g/mol. The zero-order valence-corrected chi connectivity index (χ0v) is 13.2. The summed E-state index contributed by atoms with van der Waals surface area (Å²) in [6.45, 7) is 3.17. The van der Waals surface area contributed by atoms with Crippen molar-refractivity contribution in [2.45, 2.75) is 19.9 Å². The SMILES string of the molecule is COc1cn(-c2ccccc2)nc1C(=O)NC(C)C(C)C(=O)O. The molecule has 1 aromatic heterocycles. The van der Waals surface area contributed by atoms with Crippen LogP contribution >= 0.6 is 0 Å².